The van der Waals surface area contributed by atoms with Crippen molar-refractivity contribution in [3.05, 3.63) is 11.1 Å². The number of nitrogens with one attached hydrogen (secondary N) is 2. The first-order valence-corrected chi connectivity index (χ1v) is 3.07. The summed E-state index contributed by atoms with van der Waals surface area (Å²) in [7, 11) is 0. The van der Waals surface area contributed by atoms with Gasteiger partial charge < -0.3 is 0 Å². The van der Waals surface area contributed by atoms with E-state index in [1.165, 1.54) is 0 Å². The maximum Gasteiger partial charge on any atom is 0.118 e. The van der Waals surface area contributed by atoms with E-state index in [-0.39, 0.29) is 0 Å². The molecule has 6 heteroatoms. The van der Waals surface area contributed by atoms with Crippen molar-refractivity contribution < 1.29 is 0 Å². The van der Waals surface area contributed by atoms with E-state index in [0.29, 0.717) is 10.0 Å². The Morgan fingerprint density at radius 2 is 2.33 bits per heavy atom. The van der Waals surface area contributed by atoms with Gasteiger partial charge in [0.15, 0.2) is 0 Å². The standard InChI is InChI=1S/C3H6N4S2/c4-7-5-2(8)1-3(9)6-7/h1,5,8H,4H2,(H,6,9). The smallest absolute Gasteiger partial charge is 0.118 e. The second kappa shape index (κ2) is 2.53. The maximum atomic E-state index is 5.25. The summed E-state index contributed by atoms with van der Waals surface area (Å²) in [4.78, 5) is 0.543. The fourth-order valence-corrected chi connectivity index (χ4v) is 0.999. The van der Waals surface area contributed by atoms with Crippen LogP contribution in [0.15, 0.2) is 11.1 Å². The molecule has 1 heterocycles. The van der Waals surface area contributed by atoms with E-state index >= 15 is 0 Å². The lowest BCUT2D eigenvalue weighted by Crippen LogP contribution is -2.56. The molecular weight excluding hydrogens is 156 g/mol. The van der Waals surface area contributed by atoms with E-state index in [1.807, 2.05) is 0 Å². The summed E-state index contributed by atoms with van der Waals surface area (Å²) in [6.07, 6.45) is 1.65. The summed E-state index contributed by atoms with van der Waals surface area (Å²) in [5, 5.41) is 1.77. The first-order chi connectivity index (χ1) is 4.18. The Kier molecular flexibility index (Phi) is 1.91. The Hall–Kier alpha value is -0.300. The molecule has 9 heavy (non-hydrogen) atoms. The van der Waals surface area contributed by atoms with Crippen LogP contribution in [-0.4, -0.2) is 10.2 Å². The summed E-state index contributed by atoms with van der Waals surface area (Å²) in [5.41, 5.74) is 5.26. The lowest BCUT2D eigenvalue weighted by Gasteiger charge is -2.23. The Morgan fingerprint density at radius 1 is 1.67 bits per heavy atom. The monoisotopic (exact) mass is 162 g/mol. The molecule has 50 valence electrons. The average Bonchev–Trinajstić information content (AvgIpc) is 1.59. The summed E-state index contributed by atoms with van der Waals surface area (Å²) < 4.78 is 0. The molecule has 0 bridgehead atoms. The zero-order valence-corrected chi connectivity index (χ0v) is 6.17. The minimum Gasteiger partial charge on any atom is -0.282 e. The molecule has 0 aromatic rings. The van der Waals surface area contributed by atoms with Gasteiger partial charge in [0.1, 0.15) is 4.99 Å². The minimum atomic E-state index is 0.543. The summed E-state index contributed by atoms with van der Waals surface area (Å²) >= 11 is 8.74. The lowest BCUT2D eigenvalue weighted by atomic mass is 10.6. The number of nitrogens with two attached hydrogens (primary N) is 1. The van der Waals surface area contributed by atoms with Crippen LogP contribution >= 0.6 is 24.8 Å². The van der Waals surface area contributed by atoms with Gasteiger partial charge in [0.2, 0.25) is 0 Å². The number of hydrazine groups is 3. The van der Waals surface area contributed by atoms with Crippen LogP contribution in [0, 0.1) is 0 Å². The number of nitrogens with zero attached hydrogens (tertiary/aromatic N) is 1. The van der Waals surface area contributed by atoms with Gasteiger partial charge in [-0.05, 0) is 0 Å². The summed E-state index contributed by atoms with van der Waals surface area (Å²) in [6, 6.07) is 0. The molecule has 0 unspecified atom stereocenters. The third kappa shape index (κ3) is 1.83. The van der Waals surface area contributed by atoms with Crippen molar-refractivity contribution in [3.8, 4) is 0 Å². The molecule has 1 aliphatic rings. The number of hydrogen-bond donors (Lipinski definition) is 4. The number of thiocarbonyl (C=S) groups is 1. The van der Waals surface area contributed by atoms with Crippen LogP contribution < -0.4 is 16.7 Å². The Bertz CT molecular complexity index is 165. The van der Waals surface area contributed by atoms with E-state index < -0.39 is 0 Å². The molecule has 0 spiro atoms. The molecule has 0 amide bonds. The Labute approximate surface area is 63.4 Å². The molecular formula is C3H6N4S2. The molecule has 0 fully saturated rings. The van der Waals surface area contributed by atoms with Crippen molar-refractivity contribution in [2.75, 3.05) is 0 Å². The van der Waals surface area contributed by atoms with Crippen molar-refractivity contribution >= 4 is 29.8 Å². The van der Waals surface area contributed by atoms with E-state index in [9.17, 15) is 0 Å². The van der Waals surface area contributed by atoms with Crippen LogP contribution in [0.2, 0.25) is 0 Å². The molecule has 0 aliphatic carbocycles. The largest absolute Gasteiger partial charge is 0.282 e. The molecule has 0 saturated carbocycles. The van der Waals surface area contributed by atoms with Gasteiger partial charge in [0.05, 0.1) is 5.03 Å². The fraction of sp³-hybridized carbons (Fsp3) is 0. The molecule has 1 aliphatic heterocycles. The maximum absolute atomic E-state index is 5.25. The van der Waals surface area contributed by atoms with Gasteiger partial charge in [0.25, 0.3) is 0 Å². The molecule has 0 aromatic heterocycles. The van der Waals surface area contributed by atoms with E-state index in [0.717, 1.165) is 5.23 Å². The second-order valence-electron chi connectivity index (χ2n) is 1.49. The second-order valence-corrected chi connectivity index (χ2v) is 2.41. The van der Waals surface area contributed by atoms with E-state index in [1.54, 1.807) is 6.08 Å². The zero-order chi connectivity index (χ0) is 6.85. The molecule has 0 aromatic carbocycles. The van der Waals surface area contributed by atoms with Crippen molar-refractivity contribution in [1.82, 2.24) is 16.1 Å². The SMILES string of the molecule is NN1NC(=S)C=C(S)N1. The van der Waals surface area contributed by atoms with Gasteiger partial charge in [-0.1, -0.05) is 17.4 Å². The van der Waals surface area contributed by atoms with Crippen LogP contribution in [-0.2, 0) is 0 Å². The number of thiol groups is 1. The molecule has 0 saturated heterocycles. The fourth-order valence-electron chi connectivity index (χ4n) is 0.459. The highest BCUT2D eigenvalue weighted by molar-refractivity contribution is 7.84. The van der Waals surface area contributed by atoms with Crippen molar-refractivity contribution in [3.63, 3.8) is 0 Å². The van der Waals surface area contributed by atoms with Gasteiger partial charge in [0, 0.05) is 6.08 Å². The third-order valence-corrected chi connectivity index (χ3v) is 1.17. The molecule has 4 nitrogen and oxygen atoms in total. The molecule has 1 rings (SSSR count). The van der Waals surface area contributed by atoms with Crippen molar-refractivity contribution in [2.24, 2.45) is 5.84 Å². The van der Waals surface area contributed by atoms with Gasteiger partial charge in [-0.25, -0.2) is 5.84 Å². The normalized spacial score (nSPS) is 20.2. The molecule has 0 atom stereocenters. The lowest BCUT2D eigenvalue weighted by molar-refractivity contribution is 0.182. The van der Waals surface area contributed by atoms with Crippen LogP contribution in [0.1, 0.15) is 0 Å². The highest BCUT2D eigenvalue weighted by atomic mass is 32.1. The highest BCUT2D eigenvalue weighted by Crippen LogP contribution is 1.98. The van der Waals surface area contributed by atoms with Crippen LogP contribution in [0.5, 0.6) is 0 Å². The van der Waals surface area contributed by atoms with Crippen LogP contribution in [0.4, 0.5) is 0 Å². The Balaban J connectivity index is 2.67. The predicted octanol–water partition coefficient (Wildman–Crippen LogP) is -0.716. The van der Waals surface area contributed by atoms with Crippen LogP contribution in [0.3, 0.4) is 0 Å². The summed E-state index contributed by atoms with van der Waals surface area (Å²) in [6.45, 7) is 0. The summed E-state index contributed by atoms with van der Waals surface area (Å²) in [5.74, 6) is 5.25. The van der Waals surface area contributed by atoms with Crippen molar-refractivity contribution in [2.45, 2.75) is 0 Å². The highest BCUT2D eigenvalue weighted by Gasteiger charge is 2.05. The zero-order valence-electron chi connectivity index (χ0n) is 4.46. The Morgan fingerprint density at radius 3 is 2.78 bits per heavy atom. The quantitative estimate of drug-likeness (QED) is 0.215. The molecule has 0 radical (unpaired) electrons. The first-order valence-electron chi connectivity index (χ1n) is 2.21. The average molecular weight is 162 g/mol. The number of rotatable bonds is 0. The van der Waals surface area contributed by atoms with E-state index in [2.05, 4.69) is 23.5 Å². The van der Waals surface area contributed by atoms with Gasteiger partial charge in [-0.2, -0.15) is 0 Å². The predicted molar refractivity (Wildman–Crippen MR) is 42.0 cm³/mol. The number of hydrogen-bond acceptors (Lipinski definition) is 5. The topological polar surface area (TPSA) is 53.3 Å². The van der Waals surface area contributed by atoms with Gasteiger partial charge in [-0.3, -0.25) is 10.9 Å². The van der Waals surface area contributed by atoms with E-state index in [4.69, 9.17) is 18.1 Å². The minimum absolute atomic E-state index is 0.543. The first kappa shape index (κ1) is 6.81. The van der Waals surface area contributed by atoms with Crippen molar-refractivity contribution in [1.29, 1.82) is 0 Å². The van der Waals surface area contributed by atoms with Gasteiger partial charge >= 0.3 is 0 Å². The molecule has 4 N–H and O–H groups in total. The van der Waals surface area contributed by atoms with Gasteiger partial charge in [-0.15, -0.1) is 12.6 Å². The third-order valence-electron chi connectivity index (χ3n) is 0.733. The van der Waals surface area contributed by atoms with Crippen LogP contribution in [0.25, 0.3) is 0 Å².